The monoisotopic (exact) mass is 271 g/mol. The van der Waals surface area contributed by atoms with Crippen molar-refractivity contribution in [1.29, 1.82) is 0 Å². The van der Waals surface area contributed by atoms with Gasteiger partial charge in [-0.2, -0.15) is 0 Å². The molecular formula is C15H13NO4. The molecule has 0 fully saturated rings. The van der Waals surface area contributed by atoms with Gasteiger partial charge in [-0.1, -0.05) is 0 Å². The summed E-state index contributed by atoms with van der Waals surface area (Å²) < 4.78 is 16.2. The fraction of sp³-hybridized carbons (Fsp3) is 0.200. The van der Waals surface area contributed by atoms with Crippen molar-refractivity contribution in [1.82, 2.24) is 4.98 Å². The average molecular weight is 271 g/mol. The van der Waals surface area contributed by atoms with E-state index in [4.69, 9.17) is 14.2 Å². The van der Waals surface area contributed by atoms with Gasteiger partial charge in [0.15, 0.2) is 17.8 Å². The van der Waals surface area contributed by atoms with E-state index in [1.807, 2.05) is 13.0 Å². The molecule has 1 aromatic heterocycles. The number of hydrogen-bond acceptors (Lipinski definition) is 5. The molecule has 0 saturated heterocycles. The Labute approximate surface area is 116 Å². The fourth-order valence-electron chi connectivity index (χ4n) is 2.01. The molecule has 1 aliphatic heterocycles. The van der Waals surface area contributed by atoms with E-state index in [0.29, 0.717) is 29.4 Å². The molecule has 0 amide bonds. The number of aryl methyl sites for hydroxylation is 1. The van der Waals surface area contributed by atoms with Gasteiger partial charge in [0.2, 0.25) is 6.79 Å². The molecule has 102 valence electrons. The number of ether oxygens (including phenoxy) is 3. The van der Waals surface area contributed by atoms with Crippen LogP contribution in [0.3, 0.4) is 0 Å². The van der Waals surface area contributed by atoms with Crippen LogP contribution in [0.1, 0.15) is 21.5 Å². The fourth-order valence-corrected chi connectivity index (χ4v) is 2.01. The maximum Gasteiger partial charge on any atom is 0.231 e. The molecule has 3 rings (SSSR count). The largest absolute Gasteiger partial charge is 0.488 e. The Hall–Kier alpha value is -2.56. The summed E-state index contributed by atoms with van der Waals surface area (Å²) >= 11 is 0. The number of fused-ring (bicyclic) bond motifs is 1. The number of carbonyl (C=O) groups is 1. The molecule has 2 aromatic rings. The van der Waals surface area contributed by atoms with Gasteiger partial charge in [-0.05, 0) is 24.6 Å². The molecular weight excluding hydrogens is 258 g/mol. The number of rotatable bonds is 4. The van der Waals surface area contributed by atoms with Crippen molar-refractivity contribution in [2.75, 3.05) is 6.79 Å². The number of benzene rings is 1. The van der Waals surface area contributed by atoms with Gasteiger partial charge in [-0.15, -0.1) is 0 Å². The summed E-state index contributed by atoms with van der Waals surface area (Å²) in [4.78, 5) is 15.2. The third-order valence-electron chi connectivity index (χ3n) is 2.96. The zero-order valence-corrected chi connectivity index (χ0v) is 11.0. The van der Waals surface area contributed by atoms with Crippen molar-refractivity contribution >= 4 is 6.29 Å². The number of nitrogens with zero attached hydrogens (tertiary/aromatic N) is 1. The van der Waals surface area contributed by atoms with Crippen LogP contribution in [0.25, 0.3) is 0 Å². The highest BCUT2D eigenvalue weighted by Gasteiger charge is 2.17. The van der Waals surface area contributed by atoms with E-state index < -0.39 is 0 Å². The highest BCUT2D eigenvalue weighted by atomic mass is 16.7. The zero-order valence-electron chi connectivity index (χ0n) is 11.0. The number of aromatic nitrogens is 1. The lowest BCUT2D eigenvalue weighted by Crippen LogP contribution is -1.99. The number of aldehydes is 1. The SMILES string of the molecule is Cc1cncc(COc2cc3c(cc2C=O)OCO3)c1. The first-order valence-electron chi connectivity index (χ1n) is 6.18. The number of carbonyl (C=O) groups excluding carboxylic acids is 1. The smallest absolute Gasteiger partial charge is 0.231 e. The van der Waals surface area contributed by atoms with Crippen molar-refractivity contribution in [2.45, 2.75) is 13.5 Å². The van der Waals surface area contributed by atoms with E-state index >= 15 is 0 Å². The highest BCUT2D eigenvalue weighted by Crippen LogP contribution is 2.37. The topological polar surface area (TPSA) is 57.7 Å². The minimum atomic E-state index is 0.166. The molecule has 1 aromatic carbocycles. The molecule has 0 atom stereocenters. The van der Waals surface area contributed by atoms with Crippen molar-refractivity contribution in [3.05, 3.63) is 47.3 Å². The lowest BCUT2D eigenvalue weighted by molar-refractivity contribution is 0.111. The van der Waals surface area contributed by atoms with Crippen molar-refractivity contribution < 1.29 is 19.0 Å². The zero-order chi connectivity index (χ0) is 13.9. The second-order valence-corrected chi connectivity index (χ2v) is 4.52. The summed E-state index contributed by atoms with van der Waals surface area (Å²) in [7, 11) is 0. The second-order valence-electron chi connectivity index (χ2n) is 4.52. The van der Waals surface area contributed by atoms with Gasteiger partial charge in [-0.3, -0.25) is 9.78 Å². The maximum absolute atomic E-state index is 11.1. The normalized spacial score (nSPS) is 12.2. The lowest BCUT2D eigenvalue weighted by atomic mass is 10.2. The second kappa shape index (κ2) is 5.21. The van der Waals surface area contributed by atoms with Gasteiger partial charge < -0.3 is 14.2 Å². The minimum Gasteiger partial charge on any atom is -0.488 e. The molecule has 0 aliphatic carbocycles. The van der Waals surface area contributed by atoms with E-state index in [9.17, 15) is 4.79 Å². The third-order valence-corrected chi connectivity index (χ3v) is 2.96. The molecule has 20 heavy (non-hydrogen) atoms. The Morgan fingerprint density at radius 1 is 1.25 bits per heavy atom. The maximum atomic E-state index is 11.1. The first-order chi connectivity index (χ1) is 9.76. The summed E-state index contributed by atoms with van der Waals surface area (Å²) in [5.74, 6) is 1.63. The summed E-state index contributed by atoms with van der Waals surface area (Å²) in [5.41, 5.74) is 2.45. The predicted molar refractivity (Wildman–Crippen MR) is 71.3 cm³/mol. The lowest BCUT2D eigenvalue weighted by Gasteiger charge is -2.09. The Bertz CT molecular complexity index is 654. The molecule has 5 heteroatoms. The summed E-state index contributed by atoms with van der Waals surface area (Å²) in [6, 6.07) is 5.29. The Balaban J connectivity index is 1.82. The number of hydrogen-bond donors (Lipinski definition) is 0. The molecule has 0 unspecified atom stereocenters. The molecule has 1 aliphatic rings. The van der Waals surface area contributed by atoms with E-state index in [-0.39, 0.29) is 6.79 Å². The van der Waals surface area contributed by atoms with Gasteiger partial charge in [0.25, 0.3) is 0 Å². The molecule has 0 bridgehead atoms. The van der Waals surface area contributed by atoms with Crippen molar-refractivity contribution in [3.8, 4) is 17.2 Å². The van der Waals surface area contributed by atoms with Crippen LogP contribution >= 0.6 is 0 Å². The van der Waals surface area contributed by atoms with Crippen molar-refractivity contribution in [2.24, 2.45) is 0 Å². The van der Waals surface area contributed by atoms with Gasteiger partial charge in [0.05, 0.1) is 5.56 Å². The Kier molecular flexibility index (Phi) is 3.25. The molecule has 0 radical (unpaired) electrons. The van der Waals surface area contributed by atoms with E-state index in [0.717, 1.165) is 17.4 Å². The van der Waals surface area contributed by atoms with Gasteiger partial charge in [0, 0.05) is 24.0 Å². The quantitative estimate of drug-likeness (QED) is 0.800. The summed E-state index contributed by atoms with van der Waals surface area (Å²) in [5, 5.41) is 0. The van der Waals surface area contributed by atoms with Crippen LogP contribution in [0.2, 0.25) is 0 Å². The molecule has 0 saturated carbocycles. The standard InChI is InChI=1S/C15H13NO4/c1-10-2-11(6-16-5-10)8-18-13-4-15-14(19-9-20-15)3-12(13)7-17/h2-7H,8-9H2,1H3. The molecule has 5 nitrogen and oxygen atoms in total. The van der Waals surface area contributed by atoms with Gasteiger partial charge >= 0.3 is 0 Å². The van der Waals surface area contributed by atoms with Gasteiger partial charge in [0.1, 0.15) is 12.4 Å². The van der Waals surface area contributed by atoms with E-state index in [2.05, 4.69) is 4.98 Å². The minimum absolute atomic E-state index is 0.166. The van der Waals surface area contributed by atoms with Crippen LogP contribution in [-0.4, -0.2) is 18.1 Å². The van der Waals surface area contributed by atoms with Crippen molar-refractivity contribution in [3.63, 3.8) is 0 Å². The Morgan fingerprint density at radius 2 is 2.05 bits per heavy atom. The molecule has 0 spiro atoms. The van der Waals surface area contributed by atoms with Crippen LogP contribution in [0.5, 0.6) is 17.2 Å². The number of pyridine rings is 1. The first kappa shape index (κ1) is 12.5. The highest BCUT2D eigenvalue weighted by molar-refractivity contribution is 5.81. The van der Waals surface area contributed by atoms with Crippen LogP contribution in [0, 0.1) is 6.92 Å². The average Bonchev–Trinajstić information content (AvgIpc) is 2.91. The third kappa shape index (κ3) is 2.42. The van der Waals surface area contributed by atoms with Crippen LogP contribution in [0.4, 0.5) is 0 Å². The van der Waals surface area contributed by atoms with E-state index in [1.165, 1.54) is 0 Å². The molecule has 0 N–H and O–H groups in total. The van der Waals surface area contributed by atoms with Crippen LogP contribution in [0.15, 0.2) is 30.6 Å². The summed E-state index contributed by atoms with van der Waals surface area (Å²) in [6.07, 6.45) is 4.26. The Morgan fingerprint density at radius 3 is 2.80 bits per heavy atom. The van der Waals surface area contributed by atoms with Crippen LogP contribution in [-0.2, 0) is 6.61 Å². The first-order valence-corrected chi connectivity index (χ1v) is 6.18. The van der Waals surface area contributed by atoms with Crippen LogP contribution < -0.4 is 14.2 Å². The van der Waals surface area contributed by atoms with Gasteiger partial charge in [-0.25, -0.2) is 0 Å². The molecule has 2 heterocycles. The van der Waals surface area contributed by atoms with E-state index in [1.54, 1.807) is 24.5 Å². The predicted octanol–water partition coefficient (Wildman–Crippen LogP) is 2.51. The summed E-state index contributed by atoms with van der Waals surface area (Å²) in [6.45, 7) is 2.47.